The van der Waals surface area contributed by atoms with Crippen LogP contribution in [0.2, 0.25) is 0 Å². The maximum absolute atomic E-state index is 11.8. The summed E-state index contributed by atoms with van der Waals surface area (Å²) in [5, 5.41) is 31.7. The van der Waals surface area contributed by atoms with Gasteiger partial charge in [0.25, 0.3) is 0 Å². The number of aliphatic hydroxyl groups excluding tert-OH is 3. The summed E-state index contributed by atoms with van der Waals surface area (Å²) in [4.78, 5) is 44.1. The van der Waals surface area contributed by atoms with Gasteiger partial charge in [-0.05, 0) is 12.1 Å². The molecule has 2 aromatic heterocycles. The molecule has 0 aliphatic rings. The quantitative estimate of drug-likeness (QED) is 0.0563. The van der Waals surface area contributed by atoms with E-state index in [1.54, 1.807) is 122 Å². The first-order valence-corrected chi connectivity index (χ1v) is 20.5. The van der Waals surface area contributed by atoms with Crippen molar-refractivity contribution in [3.05, 3.63) is 282 Å². The van der Waals surface area contributed by atoms with Gasteiger partial charge in [0.15, 0.2) is 17.3 Å². The zero-order chi connectivity index (χ0) is 45.6. The minimum atomic E-state index is -0.202. The first-order valence-electron chi connectivity index (χ1n) is 20.5. The monoisotopic (exact) mass is 1010 g/mol. The SMILES string of the molecule is O=C(/C=C(/O)c1ccccc1)c1ccccc1.O=C(/C=C(/O)c1ccccc1)c1ccccc1.O=C(/C=C(\O)c1ccccc1)c1ccccc1.[Eu].c1cnc2c(c1)ccc1cccnc12. The molecule has 325 valence electrons. The van der Waals surface area contributed by atoms with Crippen molar-refractivity contribution >= 4 is 56.4 Å². The number of rotatable bonds is 9. The number of carbonyl (C=O) groups excluding carboxylic acids is 3. The van der Waals surface area contributed by atoms with E-state index in [9.17, 15) is 29.7 Å². The van der Waals surface area contributed by atoms with Crippen LogP contribution in [0, 0.1) is 49.4 Å². The molecule has 0 spiro atoms. The molecule has 9 rings (SSSR count). The Labute approximate surface area is 424 Å². The van der Waals surface area contributed by atoms with Crippen LogP contribution in [0.5, 0.6) is 0 Å². The Bertz CT molecular complexity index is 2740. The molecule has 9 aromatic rings. The van der Waals surface area contributed by atoms with Crippen LogP contribution in [0.4, 0.5) is 0 Å². The summed E-state index contributed by atoms with van der Waals surface area (Å²) in [7, 11) is 0. The van der Waals surface area contributed by atoms with Crippen molar-refractivity contribution in [2.24, 2.45) is 0 Å². The number of carbonyl (C=O) groups is 3. The van der Waals surface area contributed by atoms with Crippen molar-refractivity contribution in [1.29, 1.82) is 0 Å². The largest absolute Gasteiger partial charge is 0.507 e. The molecule has 66 heavy (non-hydrogen) atoms. The van der Waals surface area contributed by atoms with Gasteiger partial charge in [0.05, 0.1) is 11.0 Å². The van der Waals surface area contributed by atoms with Crippen LogP contribution in [0.3, 0.4) is 0 Å². The molecule has 0 saturated carbocycles. The smallest absolute Gasteiger partial charge is 0.189 e. The third-order valence-electron chi connectivity index (χ3n) is 9.53. The standard InChI is InChI=1S/3C15H12O2.C12H8N2.Eu/c3*16-14(12-7-3-1-4-8-12)11-15(17)13-9-5-2-6-10-13;1-3-9-5-6-10-4-2-8-14-12(10)11(9)13-7-1;/h3*1-11,16H;1-8H;/b2*14-11+;14-11-;;. The van der Waals surface area contributed by atoms with Crippen LogP contribution in [0.15, 0.2) is 249 Å². The normalized spacial score (nSPS) is 10.9. The molecular weight excluding hydrogens is 961 g/mol. The molecule has 0 amide bonds. The Balaban J connectivity index is 0.000000164. The summed E-state index contributed by atoms with van der Waals surface area (Å²) >= 11 is 0. The second-order valence-corrected chi connectivity index (χ2v) is 14.1. The van der Waals surface area contributed by atoms with E-state index in [0.717, 1.165) is 21.8 Å². The van der Waals surface area contributed by atoms with Crippen molar-refractivity contribution in [1.82, 2.24) is 9.97 Å². The number of benzene rings is 7. The van der Waals surface area contributed by atoms with Crippen LogP contribution >= 0.6 is 0 Å². The number of allylic oxidation sites excluding steroid dienone is 3. The van der Waals surface area contributed by atoms with E-state index in [4.69, 9.17) is 0 Å². The zero-order valence-corrected chi connectivity index (χ0v) is 37.9. The van der Waals surface area contributed by atoms with Gasteiger partial charge in [-0.1, -0.05) is 206 Å². The molecule has 0 aliphatic carbocycles. The minimum Gasteiger partial charge on any atom is -0.507 e. The third kappa shape index (κ3) is 15.1. The van der Waals surface area contributed by atoms with E-state index in [1.165, 1.54) is 18.2 Å². The number of ketones is 3. The van der Waals surface area contributed by atoms with Gasteiger partial charge < -0.3 is 15.3 Å². The van der Waals surface area contributed by atoms with Gasteiger partial charge in [-0.2, -0.15) is 0 Å². The van der Waals surface area contributed by atoms with Crippen molar-refractivity contribution in [2.75, 3.05) is 0 Å². The van der Waals surface area contributed by atoms with Crippen molar-refractivity contribution in [3.8, 4) is 0 Å². The van der Waals surface area contributed by atoms with Crippen LogP contribution in [0.25, 0.3) is 39.1 Å². The molecule has 0 unspecified atom stereocenters. The first-order chi connectivity index (χ1) is 31.8. The predicted octanol–water partition coefficient (Wildman–Crippen LogP) is 13.2. The molecule has 9 heteroatoms. The van der Waals surface area contributed by atoms with Crippen molar-refractivity contribution in [2.45, 2.75) is 0 Å². The average molecular weight is 1000 g/mol. The van der Waals surface area contributed by atoms with Crippen LogP contribution in [0.1, 0.15) is 47.8 Å². The Morgan fingerprint density at radius 2 is 0.530 bits per heavy atom. The maximum atomic E-state index is 11.8. The van der Waals surface area contributed by atoms with Gasteiger partial charge in [0, 0.05) is 124 Å². The second kappa shape index (κ2) is 26.4. The molecule has 0 saturated heterocycles. The zero-order valence-electron chi connectivity index (χ0n) is 35.5. The van der Waals surface area contributed by atoms with Gasteiger partial charge in [0.1, 0.15) is 17.3 Å². The summed E-state index contributed by atoms with van der Waals surface area (Å²) in [5.74, 6) is -0.649. The van der Waals surface area contributed by atoms with Crippen molar-refractivity contribution < 1.29 is 79.1 Å². The molecule has 3 N–H and O–H groups in total. The number of nitrogens with zero attached hydrogens (tertiary/aromatic N) is 2. The third-order valence-corrected chi connectivity index (χ3v) is 9.53. The van der Waals surface area contributed by atoms with E-state index < -0.39 is 0 Å². The molecule has 0 bridgehead atoms. The number of fused-ring (bicyclic) bond motifs is 3. The minimum absolute atomic E-state index is 0. The molecule has 8 nitrogen and oxygen atoms in total. The molecule has 1 radical (unpaired) electrons. The second-order valence-electron chi connectivity index (χ2n) is 14.1. The van der Waals surface area contributed by atoms with E-state index in [0.29, 0.717) is 33.4 Å². The molecule has 2 heterocycles. The van der Waals surface area contributed by atoms with Crippen LogP contribution in [-0.2, 0) is 0 Å². The summed E-state index contributed by atoms with van der Waals surface area (Å²) in [5.41, 5.74) is 5.56. The Morgan fingerprint density at radius 3 is 0.773 bits per heavy atom. The summed E-state index contributed by atoms with van der Waals surface area (Å²) in [6, 6.07) is 65.7. The number of aromatic nitrogens is 2. The fraction of sp³-hybridized carbons (Fsp3) is 0. The molecule has 0 fully saturated rings. The van der Waals surface area contributed by atoms with Gasteiger partial charge >= 0.3 is 0 Å². The molecule has 0 atom stereocenters. The first kappa shape index (κ1) is 49.6. The van der Waals surface area contributed by atoms with E-state index >= 15 is 0 Å². The van der Waals surface area contributed by atoms with Gasteiger partial charge in [-0.3, -0.25) is 24.4 Å². The predicted molar refractivity (Wildman–Crippen MR) is 261 cm³/mol. The van der Waals surface area contributed by atoms with E-state index in [-0.39, 0.29) is 84.0 Å². The number of hydrogen-bond donors (Lipinski definition) is 3. The summed E-state index contributed by atoms with van der Waals surface area (Å²) in [6.07, 6.45) is 7.33. The topological polar surface area (TPSA) is 138 Å². The number of pyridine rings is 2. The maximum Gasteiger partial charge on any atom is 0.189 e. The Kier molecular flexibility index (Phi) is 19.8. The number of hydrogen-bond acceptors (Lipinski definition) is 8. The number of aliphatic hydroxyl groups is 3. The van der Waals surface area contributed by atoms with Gasteiger partial charge in [0.2, 0.25) is 0 Å². The summed E-state index contributed by atoms with van der Waals surface area (Å²) in [6.45, 7) is 0. The summed E-state index contributed by atoms with van der Waals surface area (Å²) < 4.78 is 0. The van der Waals surface area contributed by atoms with Crippen molar-refractivity contribution in [3.63, 3.8) is 0 Å². The van der Waals surface area contributed by atoms with E-state index in [1.807, 2.05) is 84.9 Å². The van der Waals surface area contributed by atoms with Crippen LogP contribution < -0.4 is 0 Å². The fourth-order valence-corrected chi connectivity index (χ4v) is 6.19. The van der Waals surface area contributed by atoms with E-state index in [2.05, 4.69) is 34.2 Å². The Hall–Kier alpha value is -7.43. The fourth-order valence-electron chi connectivity index (χ4n) is 6.19. The molecular formula is C57H44EuN2O6. The Morgan fingerprint density at radius 1 is 0.303 bits per heavy atom. The molecule has 0 aliphatic heterocycles. The molecule has 7 aromatic carbocycles. The van der Waals surface area contributed by atoms with Gasteiger partial charge in [-0.15, -0.1) is 0 Å². The van der Waals surface area contributed by atoms with Gasteiger partial charge in [-0.25, -0.2) is 0 Å². The van der Waals surface area contributed by atoms with Crippen LogP contribution in [-0.4, -0.2) is 42.6 Å². The average Bonchev–Trinajstić information content (AvgIpc) is 3.38.